The zero-order chi connectivity index (χ0) is 47.9. The van der Waals surface area contributed by atoms with Gasteiger partial charge in [0.25, 0.3) is 0 Å². The Morgan fingerprint density at radius 1 is 0.303 bits per heavy atom. The van der Waals surface area contributed by atoms with Gasteiger partial charge in [-0.1, -0.05) is 236 Å². The van der Waals surface area contributed by atoms with Gasteiger partial charge in [-0.2, -0.15) is 0 Å². The van der Waals surface area contributed by atoms with Gasteiger partial charge in [0.2, 0.25) is 0 Å². The molecule has 0 spiro atoms. The van der Waals surface area contributed by atoms with E-state index in [1.807, 2.05) is 0 Å². The number of carbonyl (C=O) groups excluding carboxylic acids is 3. The van der Waals surface area contributed by atoms with Gasteiger partial charge in [0.15, 0.2) is 6.10 Å². The highest BCUT2D eigenvalue weighted by molar-refractivity contribution is 5.71. The van der Waals surface area contributed by atoms with E-state index in [-0.39, 0.29) is 31.1 Å². The summed E-state index contributed by atoms with van der Waals surface area (Å²) < 4.78 is 16.8. The first-order valence-corrected chi connectivity index (χ1v) is 28.3. The summed E-state index contributed by atoms with van der Waals surface area (Å²) in [5.74, 6) is -0.916. The Morgan fingerprint density at radius 2 is 0.545 bits per heavy atom. The lowest BCUT2D eigenvalue weighted by molar-refractivity contribution is -0.167. The van der Waals surface area contributed by atoms with E-state index >= 15 is 0 Å². The second kappa shape index (κ2) is 54.7. The Morgan fingerprint density at radius 3 is 0.909 bits per heavy atom. The molecule has 6 heteroatoms. The topological polar surface area (TPSA) is 78.9 Å². The van der Waals surface area contributed by atoms with Crippen LogP contribution in [-0.4, -0.2) is 37.2 Å². The minimum Gasteiger partial charge on any atom is -0.462 e. The molecule has 0 heterocycles. The van der Waals surface area contributed by atoms with Crippen molar-refractivity contribution in [3.8, 4) is 0 Å². The minimum atomic E-state index is -0.790. The van der Waals surface area contributed by atoms with Crippen molar-refractivity contribution in [1.29, 1.82) is 0 Å². The first-order valence-electron chi connectivity index (χ1n) is 28.3. The lowest BCUT2D eigenvalue weighted by Crippen LogP contribution is -2.30. The molecule has 0 aromatic carbocycles. The normalized spacial score (nSPS) is 12.5. The average Bonchev–Trinajstić information content (AvgIpc) is 3.31. The fourth-order valence-corrected chi connectivity index (χ4v) is 7.95. The largest absolute Gasteiger partial charge is 0.462 e. The molecule has 0 aromatic heterocycles. The maximum Gasteiger partial charge on any atom is 0.306 e. The molecule has 66 heavy (non-hydrogen) atoms. The zero-order valence-corrected chi connectivity index (χ0v) is 43.7. The Balaban J connectivity index is 4.43. The summed E-state index contributed by atoms with van der Waals surface area (Å²) in [6.07, 6.45) is 67.7. The average molecular weight is 924 g/mol. The van der Waals surface area contributed by atoms with Crippen LogP contribution >= 0.6 is 0 Å². The molecule has 0 N–H and O–H groups in total. The highest BCUT2D eigenvalue weighted by Crippen LogP contribution is 2.15. The molecular formula is C60H106O6. The first-order chi connectivity index (χ1) is 32.5. The molecule has 0 aliphatic heterocycles. The molecule has 382 valence electrons. The monoisotopic (exact) mass is 923 g/mol. The summed E-state index contributed by atoms with van der Waals surface area (Å²) in [6.45, 7) is 6.59. The Bertz CT molecular complexity index is 1200. The highest BCUT2D eigenvalue weighted by atomic mass is 16.6. The summed E-state index contributed by atoms with van der Waals surface area (Å²) in [6, 6.07) is 0. The predicted molar refractivity (Wildman–Crippen MR) is 284 cm³/mol. The summed E-state index contributed by atoms with van der Waals surface area (Å²) >= 11 is 0. The minimum absolute atomic E-state index is 0.0854. The number of unbranched alkanes of at least 4 members (excludes halogenated alkanes) is 30. The summed E-state index contributed by atoms with van der Waals surface area (Å²) in [4.78, 5) is 38.1. The van der Waals surface area contributed by atoms with Crippen LogP contribution in [0.1, 0.15) is 284 Å². The highest BCUT2D eigenvalue weighted by Gasteiger charge is 2.19. The quantitative estimate of drug-likeness (QED) is 0.0262. The molecule has 0 radical (unpaired) electrons. The van der Waals surface area contributed by atoms with Crippen molar-refractivity contribution in [3.63, 3.8) is 0 Å². The van der Waals surface area contributed by atoms with E-state index in [0.717, 1.165) is 96.3 Å². The van der Waals surface area contributed by atoms with Crippen molar-refractivity contribution in [3.05, 3.63) is 60.8 Å². The van der Waals surface area contributed by atoms with Gasteiger partial charge in [-0.3, -0.25) is 14.4 Å². The van der Waals surface area contributed by atoms with E-state index in [1.54, 1.807) is 0 Å². The van der Waals surface area contributed by atoms with E-state index < -0.39 is 6.10 Å². The van der Waals surface area contributed by atoms with E-state index in [2.05, 4.69) is 81.5 Å². The molecular weight excluding hydrogens is 817 g/mol. The van der Waals surface area contributed by atoms with E-state index in [9.17, 15) is 14.4 Å². The van der Waals surface area contributed by atoms with Gasteiger partial charge < -0.3 is 14.2 Å². The van der Waals surface area contributed by atoms with Crippen molar-refractivity contribution < 1.29 is 28.6 Å². The molecule has 0 saturated carbocycles. The molecule has 0 fully saturated rings. The molecule has 1 atom stereocenters. The maximum absolute atomic E-state index is 12.8. The smallest absolute Gasteiger partial charge is 0.306 e. The Labute approximate surface area is 409 Å². The molecule has 0 saturated heterocycles. The van der Waals surface area contributed by atoms with E-state index in [1.165, 1.54) is 148 Å². The number of allylic oxidation sites excluding steroid dienone is 10. The number of rotatable bonds is 51. The van der Waals surface area contributed by atoms with Gasteiger partial charge in [0, 0.05) is 19.3 Å². The second-order valence-electron chi connectivity index (χ2n) is 18.8. The summed E-state index contributed by atoms with van der Waals surface area (Å²) in [7, 11) is 0. The van der Waals surface area contributed by atoms with E-state index in [0.29, 0.717) is 19.3 Å². The van der Waals surface area contributed by atoms with Crippen molar-refractivity contribution >= 4 is 17.9 Å². The van der Waals surface area contributed by atoms with Gasteiger partial charge in [-0.25, -0.2) is 0 Å². The Hall–Kier alpha value is -2.89. The van der Waals surface area contributed by atoms with Crippen LogP contribution < -0.4 is 0 Å². The molecule has 0 amide bonds. The number of hydrogen-bond acceptors (Lipinski definition) is 6. The zero-order valence-electron chi connectivity index (χ0n) is 43.7. The SMILES string of the molecule is CCCCC/C=C\C/C=C\C/C=C\C/C=C\CCCCCC(=O)OC[C@@H](COC(=O)CCCCCCCCCCCCCCCC)OC(=O)CCCCCCC/C=C\CCCCCCCC. The van der Waals surface area contributed by atoms with Crippen LogP contribution in [0, 0.1) is 0 Å². The number of carbonyl (C=O) groups is 3. The second-order valence-corrected chi connectivity index (χ2v) is 18.8. The van der Waals surface area contributed by atoms with Gasteiger partial charge in [0.05, 0.1) is 0 Å². The predicted octanol–water partition coefficient (Wildman–Crippen LogP) is 18.8. The van der Waals surface area contributed by atoms with Crippen LogP contribution in [0.4, 0.5) is 0 Å². The molecule has 0 aliphatic rings. The molecule has 0 bridgehead atoms. The van der Waals surface area contributed by atoms with Gasteiger partial charge in [-0.05, 0) is 89.9 Å². The van der Waals surface area contributed by atoms with Crippen LogP contribution in [0.2, 0.25) is 0 Å². The standard InChI is InChI=1S/C60H106O6/c1-4-7-10-13-16-19-22-25-28-29-30-31-33-35-38-41-44-47-50-53-59(62)65-56-57(55-64-58(61)52-49-46-43-40-37-34-27-24-21-18-15-12-9-6-3)66-60(63)54-51-48-45-42-39-36-32-26-23-20-17-14-11-8-5-2/h16,19,25-26,28,30-32,35,38,57H,4-15,17-18,20-24,27,29,33-34,36-37,39-56H2,1-3H3/b19-16-,28-25-,31-30-,32-26-,38-35-/t57-/m1/s1. The molecule has 0 unspecified atom stereocenters. The lowest BCUT2D eigenvalue weighted by atomic mass is 10.0. The molecule has 0 rings (SSSR count). The number of esters is 3. The third-order valence-electron chi connectivity index (χ3n) is 12.2. The lowest BCUT2D eigenvalue weighted by Gasteiger charge is -2.18. The molecule has 0 aliphatic carbocycles. The third-order valence-corrected chi connectivity index (χ3v) is 12.2. The Kier molecular flexibility index (Phi) is 52.3. The van der Waals surface area contributed by atoms with Crippen LogP contribution in [0.25, 0.3) is 0 Å². The van der Waals surface area contributed by atoms with Crippen LogP contribution in [0.5, 0.6) is 0 Å². The first kappa shape index (κ1) is 63.1. The molecule has 6 nitrogen and oxygen atoms in total. The van der Waals surface area contributed by atoms with Crippen molar-refractivity contribution in [2.75, 3.05) is 13.2 Å². The van der Waals surface area contributed by atoms with Crippen molar-refractivity contribution in [2.45, 2.75) is 290 Å². The summed E-state index contributed by atoms with van der Waals surface area (Å²) in [5.41, 5.74) is 0. The third kappa shape index (κ3) is 52.1. The number of ether oxygens (including phenoxy) is 3. The van der Waals surface area contributed by atoms with Crippen molar-refractivity contribution in [1.82, 2.24) is 0 Å². The maximum atomic E-state index is 12.8. The van der Waals surface area contributed by atoms with Crippen molar-refractivity contribution in [2.24, 2.45) is 0 Å². The van der Waals surface area contributed by atoms with Crippen LogP contribution in [0.3, 0.4) is 0 Å². The number of hydrogen-bond donors (Lipinski definition) is 0. The van der Waals surface area contributed by atoms with Crippen LogP contribution in [0.15, 0.2) is 60.8 Å². The van der Waals surface area contributed by atoms with E-state index in [4.69, 9.17) is 14.2 Å². The fourth-order valence-electron chi connectivity index (χ4n) is 7.95. The van der Waals surface area contributed by atoms with Gasteiger partial charge in [0.1, 0.15) is 13.2 Å². The molecule has 0 aromatic rings. The van der Waals surface area contributed by atoms with Crippen LogP contribution in [-0.2, 0) is 28.6 Å². The fraction of sp³-hybridized carbons (Fsp3) is 0.783. The summed E-state index contributed by atoms with van der Waals surface area (Å²) in [5, 5.41) is 0. The van der Waals surface area contributed by atoms with Gasteiger partial charge in [-0.15, -0.1) is 0 Å². The van der Waals surface area contributed by atoms with Gasteiger partial charge >= 0.3 is 17.9 Å².